The van der Waals surface area contributed by atoms with Gasteiger partial charge in [-0.1, -0.05) is 0 Å². The SMILES string of the molecule is CC1(C)CC(=O)C[C@@H](C(=O)O)O1. The lowest BCUT2D eigenvalue weighted by Gasteiger charge is -2.32. The molecule has 0 aromatic rings. The third-order valence-corrected chi connectivity index (χ3v) is 1.77. The minimum atomic E-state index is -1.06. The van der Waals surface area contributed by atoms with Crippen molar-refractivity contribution in [3.05, 3.63) is 0 Å². The van der Waals surface area contributed by atoms with Crippen molar-refractivity contribution in [3.8, 4) is 0 Å². The first-order valence-electron chi connectivity index (χ1n) is 3.83. The number of rotatable bonds is 1. The summed E-state index contributed by atoms with van der Waals surface area (Å²) in [6.07, 6.45) is -0.656. The molecule has 1 saturated heterocycles. The molecule has 4 nitrogen and oxygen atoms in total. The summed E-state index contributed by atoms with van der Waals surface area (Å²) in [5, 5.41) is 8.61. The van der Waals surface area contributed by atoms with E-state index in [0.717, 1.165) is 0 Å². The first-order valence-corrected chi connectivity index (χ1v) is 3.83. The van der Waals surface area contributed by atoms with Gasteiger partial charge in [-0.15, -0.1) is 0 Å². The van der Waals surface area contributed by atoms with Crippen LogP contribution >= 0.6 is 0 Å². The van der Waals surface area contributed by atoms with Crippen LogP contribution in [0.2, 0.25) is 0 Å². The maximum atomic E-state index is 11.1. The number of carboxylic acid groups (broad SMARTS) is 1. The molecule has 12 heavy (non-hydrogen) atoms. The van der Waals surface area contributed by atoms with Crippen LogP contribution in [0.3, 0.4) is 0 Å². The maximum absolute atomic E-state index is 11.1. The van der Waals surface area contributed by atoms with Crippen molar-refractivity contribution in [2.24, 2.45) is 0 Å². The Hall–Kier alpha value is -0.900. The van der Waals surface area contributed by atoms with Crippen molar-refractivity contribution < 1.29 is 19.4 Å². The van der Waals surface area contributed by atoms with Gasteiger partial charge in [0.25, 0.3) is 0 Å². The zero-order valence-electron chi connectivity index (χ0n) is 7.16. The first kappa shape index (κ1) is 9.19. The zero-order chi connectivity index (χ0) is 9.35. The molecule has 1 fully saturated rings. The van der Waals surface area contributed by atoms with Crippen LogP contribution in [0.4, 0.5) is 0 Å². The van der Waals surface area contributed by atoms with E-state index in [1.54, 1.807) is 13.8 Å². The van der Waals surface area contributed by atoms with E-state index in [2.05, 4.69) is 0 Å². The van der Waals surface area contributed by atoms with E-state index in [0.29, 0.717) is 6.42 Å². The highest BCUT2D eigenvalue weighted by Gasteiger charge is 2.36. The predicted molar refractivity (Wildman–Crippen MR) is 40.8 cm³/mol. The Balaban J connectivity index is 2.70. The molecule has 0 saturated carbocycles. The van der Waals surface area contributed by atoms with Gasteiger partial charge in [0.2, 0.25) is 0 Å². The van der Waals surface area contributed by atoms with E-state index in [4.69, 9.17) is 9.84 Å². The molecule has 0 spiro atoms. The molecule has 0 amide bonds. The van der Waals surface area contributed by atoms with Crippen LogP contribution in [0, 0.1) is 0 Å². The fourth-order valence-electron chi connectivity index (χ4n) is 1.36. The number of ether oxygens (including phenoxy) is 1. The Kier molecular flexibility index (Phi) is 2.19. The highest BCUT2D eigenvalue weighted by Crippen LogP contribution is 2.25. The summed E-state index contributed by atoms with van der Waals surface area (Å²) in [6.45, 7) is 3.44. The molecule has 0 aromatic carbocycles. The predicted octanol–water partition coefficient (Wildman–Crippen LogP) is 0.598. The van der Waals surface area contributed by atoms with Crippen molar-refractivity contribution in [2.75, 3.05) is 0 Å². The van der Waals surface area contributed by atoms with Gasteiger partial charge in [0.15, 0.2) is 6.10 Å². The molecule has 0 radical (unpaired) electrons. The Bertz CT molecular complexity index is 219. The number of hydrogen-bond acceptors (Lipinski definition) is 3. The van der Waals surface area contributed by atoms with Crippen molar-refractivity contribution in [3.63, 3.8) is 0 Å². The Morgan fingerprint density at radius 1 is 1.67 bits per heavy atom. The molecule has 1 heterocycles. The summed E-state index contributed by atoms with van der Waals surface area (Å²) in [6, 6.07) is 0. The Morgan fingerprint density at radius 2 is 2.25 bits per heavy atom. The van der Waals surface area contributed by atoms with Gasteiger partial charge >= 0.3 is 5.97 Å². The monoisotopic (exact) mass is 172 g/mol. The molecule has 1 aliphatic heterocycles. The minimum absolute atomic E-state index is 0.00123. The van der Waals surface area contributed by atoms with E-state index in [1.165, 1.54) is 0 Å². The molecule has 68 valence electrons. The fourth-order valence-corrected chi connectivity index (χ4v) is 1.36. The molecular weight excluding hydrogens is 160 g/mol. The van der Waals surface area contributed by atoms with Crippen LogP contribution in [0.15, 0.2) is 0 Å². The van der Waals surface area contributed by atoms with Gasteiger partial charge < -0.3 is 9.84 Å². The van der Waals surface area contributed by atoms with Gasteiger partial charge in [0.1, 0.15) is 5.78 Å². The molecule has 0 bridgehead atoms. The Labute approximate surface area is 70.5 Å². The molecule has 1 atom stereocenters. The van der Waals surface area contributed by atoms with E-state index in [1.807, 2.05) is 0 Å². The number of ketones is 1. The summed E-state index contributed by atoms with van der Waals surface area (Å²) in [4.78, 5) is 21.6. The summed E-state index contributed by atoms with van der Waals surface area (Å²) >= 11 is 0. The standard InChI is InChI=1S/C8H12O4/c1-8(2)4-5(9)3-6(12-8)7(10)11/h6H,3-4H2,1-2H3,(H,10,11)/t6-/m0/s1. The number of carboxylic acids is 1. The molecular formula is C8H12O4. The number of aliphatic carboxylic acids is 1. The van der Waals surface area contributed by atoms with Gasteiger partial charge in [-0.05, 0) is 13.8 Å². The van der Waals surface area contributed by atoms with Crippen LogP contribution in [-0.4, -0.2) is 28.6 Å². The summed E-state index contributed by atoms with van der Waals surface area (Å²) in [5.41, 5.74) is -0.627. The summed E-state index contributed by atoms with van der Waals surface area (Å²) in [7, 11) is 0. The normalized spacial score (nSPS) is 28.5. The first-order chi connectivity index (χ1) is 5.41. The fraction of sp³-hybridized carbons (Fsp3) is 0.750. The molecule has 0 unspecified atom stereocenters. The lowest BCUT2D eigenvalue weighted by molar-refractivity contribution is -0.173. The molecule has 1 rings (SSSR count). The Morgan fingerprint density at radius 3 is 2.67 bits per heavy atom. The zero-order valence-corrected chi connectivity index (χ0v) is 7.16. The highest BCUT2D eigenvalue weighted by atomic mass is 16.5. The van der Waals surface area contributed by atoms with E-state index in [-0.39, 0.29) is 12.2 Å². The molecule has 4 heteroatoms. The van der Waals surface area contributed by atoms with Crippen LogP contribution in [-0.2, 0) is 14.3 Å². The quantitative estimate of drug-likeness (QED) is 0.629. The minimum Gasteiger partial charge on any atom is -0.479 e. The van der Waals surface area contributed by atoms with Crippen molar-refractivity contribution in [2.45, 2.75) is 38.4 Å². The molecule has 0 aromatic heterocycles. The lowest BCUT2D eigenvalue weighted by Crippen LogP contribution is -2.43. The second kappa shape index (κ2) is 2.86. The smallest absolute Gasteiger partial charge is 0.333 e. The number of carbonyl (C=O) groups is 2. The van der Waals surface area contributed by atoms with Crippen LogP contribution in [0.1, 0.15) is 26.7 Å². The molecule has 1 N–H and O–H groups in total. The van der Waals surface area contributed by atoms with Crippen LogP contribution in [0.25, 0.3) is 0 Å². The van der Waals surface area contributed by atoms with Gasteiger partial charge in [-0.25, -0.2) is 4.79 Å². The van der Waals surface area contributed by atoms with Crippen molar-refractivity contribution >= 4 is 11.8 Å². The molecule has 1 aliphatic rings. The third-order valence-electron chi connectivity index (χ3n) is 1.77. The van der Waals surface area contributed by atoms with E-state index in [9.17, 15) is 9.59 Å². The van der Waals surface area contributed by atoms with Gasteiger partial charge in [-0.2, -0.15) is 0 Å². The molecule has 0 aliphatic carbocycles. The average molecular weight is 172 g/mol. The topological polar surface area (TPSA) is 63.6 Å². The number of Topliss-reactive ketones (excluding diaryl/α,β-unsaturated/α-hetero) is 1. The second-order valence-corrected chi connectivity index (χ2v) is 3.62. The van der Waals surface area contributed by atoms with Crippen molar-refractivity contribution in [1.82, 2.24) is 0 Å². The highest BCUT2D eigenvalue weighted by molar-refractivity contribution is 5.86. The summed E-state index contributed by atoms with van der Waals surface area (Å²) in [5.74, 6) is -1.10. The van der Waals surface area contributed by atoms with Gasteiger partial charge in [0, 0.05) is 12.8 Å². The van der Waals surface area contributed by atoms with Gasteiger partial charge in [-0.3, -0.25) is 4.79 Å². The van der Waals surface area contributed by atoms with Gasteiger partial charge in [0.05, 0.1) is 5.60 Å². The number of carbonyl (C=O) groups excluding carboxylic acids is 1. The summed E-state index contributed by atoms with van der Waals surface area (Å²) < 4.78 is 5.19. The second-order valence-electron chi connectivity index (χ2n) is 3.62. The van der Waals surface area contributed by atoms with E-state index < -0.39 is 17.7 Å². The van der Waals surface area contributed by atoms with E-state index >= 15 is 0 Å². The third kappa shape index (κ3) is 2.04. The maximum Gasteiger partial charge on any atom is 0.333 e. The van der Waals surface area contributed by atoms with Crippen molar-refractivity contribution in [1.29, 1.82) is 0 Å². The lowest BCUT2D eigenvalue weighted by atomic mass is 9.94. The van der Waals surface area contributed by atoms with Crippen LogP contribution < -0.4 is 0 Å². The largest absolute Gasteiger partial charge is 0.479 e. The average Bonchev–Trinajstić information content (AvgIpc) is 1.82. The number of hydrogen-bond donors (Lipinski definition) is 1. The van der Waals surface area contributed by atoms with Crippen LogP contribution in [0.5, 0.6) is 0 Å².